The number of halogens is 3. The van der Waals surface area contributed by atoms with E-state index in [0.717, 1.165) is 10.0 Å². The Morgan fingerprint density at radius 3 is 2.67 bits per heavy atom. The molecule has 21 heavy (non-hydrogen) atoms. The average molecular weight is 391 g/mol. The second-order valence-electron chi connectivity index (χ2n) is 4.18. The van der Waals surface area contributed by atoms with Crippen molar-refractivity contribution >= 4 is 44.8 Å². The number of nitro benzene ring substituents is 1. The first kappa shape index (κ1) is 16.1. The van der Waals surface area contributed by atoms with Crippen molar-refractivity contribution in [3.63, 3.8) is 0 Å². The lowest BCUT2D eigenvalue weighted by atomic mass is 10.2. The van der Waals surface area contributed by atoms with E-state index in [-0.39, 0.29) is 12.3 Å². The summed E-state index contributed by atoms with van der Waals surface area (Å²) in [5, 5.41) is 11.3. The Balaban J connectivity index is 2.22. The van der Waals surface area contributed by atoms with Gasteiger partial charge in [-0.05, 0) is 39.7 Å². The summed E-state index contributed by atoms with van der Waals surface area (Å²) in [6, 6.07) is 9.95. The zero-order valence-electron chi connectivity index (χ0n) is 10.7. The number of hydrogen-bond donors (Lipinski definition) is 0. The number of rotatable bonds is 5. The Hall–Kier alpha value is -1.30. The fourth-order valence-electron chi connectivity index (χ4n) is 1.76. The summed E-state index contributed by atoms with van der Waals surface area (Å²) in [4.78, 5) is 10.5. The van der Waals surface area contributed by atoms with Gasteiger partial charge in [0.05, 0.1) is 20.0 Å². The maximum Gasteiger partial charge on any atom is 0.277 e. The minimum atomic E-state index is -0.476. The van der Waals surface area contributed by atoms with Gasteiger partial charge in [-0.3, -0.25) is 10.1 Å². The molecule has 2 aromatic rings. The predicted molar refractivity (Wildman–Crippen MR) is 86.1 cm³/mol. The van der Waals surface area contributed by atoms with E-state index in [2.05, 4.69) is 15.9 Å². The SMILES string of the molecule is O=[N+]([O-])c1cccc(Cl)c1COc1ccc(CCl)cc1Br. The van der Waals surface area contributed by atoms with Crippen LogP contribution in [0.5, 0.6) is 5.75 Å². The third kappa shape index (κ3) is 3.87. The molecule has 0 heterocycles. The van der Waals surface area contributed by atoms with E-state index >= 15 is 0 Å². The van der Waals surface area contributed by atoms with E-state index in [1.807, 2.05) is 12.1 Å². The lowest BCUT2D eigenvalue weighted by Gasteiger charge is -2.10. The molecule has 0 N–H and O–H groups in total. The van der Waals surface area contributed by atoms with Crippen LogP contribution in [0, 0.1) is 10.1 Å². The van der Waals surface area contributed by atoms with Crippen molar-refractivity contribution in [1.29, 1.82) is 0 Å². The molecule has 0 aliphatic rings. The maximum atomic E-state index is 11.0. The molecule has 0 bridgehead atoms. The lowest BCUT2D eigenvalue weighted by molar-refractivity contribution is -0.385. The molecule has 0 aliphatic heterocycles. The van der Waals surface area contributed by atoms with Crippen LogP contribution in [0.25, 0.3) is 0 Å². The van der Waals surface area contributed by atoms with Crippen LogP contribution in [0.2, 0.25) is 5.02 Å². The molecule has 0 fully saturated rings. The Kier molecular flexibility index (Phi) is 5.45. The molecule has 0 saturated heterocycles. The van der Waals surface area contributed by atoms with E-state index in [1.54, 1.807) is 12.1 Å². The van der Waals surface area contributed by atoms with Crippen molar-refractivity contribution in [3.8, 4) is 5.75 Å². The first-order valence-corrected chi connectivity index (χ1v) is 7.62. The van der Waals surface area contributed by atoms with Crippen LogP contribution < -0.4 is 4.74 Å². The summed E-state index contributed by atoms with van der Waals surface area (Å²) in [5.74, 6) is 0.965. The summed E-state index contributed by atoms with van der Waals surface area (Å²) >= 11 is 15.1. The molecular weight excluding hydrogens is 381 g/mol. The van der Waals surface area contributed by atoms with Crippen molar-refractivity contribution in [2.24, 2.45) is 0 Å². The predicted octanol–water partition coefficient (Wildman–Crippen LogP) is 5.33. The number of hydrogen-bond acceptors (Lipinski definition) is 3. The first-order valence-electron chi connectivity index (χ1n) is 5.92. The molecule has 0 radical (unpaired) electrons. The molecular formula is C14H10BrCl2NO3. The van der Waals surface area contributed by atoms with Crippen molar-refractivity contribution < 1.29 is 9.66 Å². The molecule has 0 atom stereocenters. The van der Waals surface area contributed by atoms with Crippen LogP contribution in [0.3, 0.4) is 0 Å². The van der Waals surface area contributed by atoms with Gasteiger partial charge in [0.25, 0.3) is 5.69 Å². The lowest BCUT2D eigenvalue weighted by Crippen LogP contribution is -2.02. The van der Waals surface area contributed by atoms with E-state index in [0.29, 0.717) is 22.2 Å². The second kappa shape index (κ2) is 7.11. The molecule has 0 unspecified atom stereocenters. The highest BCUT2D eigenvalue weighted by atomic mass is 79.9. The highest BCUT2D eigenvalue weighted by molar-refractivity contribution is 9.10. The first-order chi connectivity index (χ1) is 10.0. The average Bonchev–Trinajstić information content (AvgIpc) is 2.46. The third-order valence-electron chi connectivity index (χ3n) is 2.81. The summed E-state index contributed by atoms with van der Waals surface area (Å²) in [6.45, 7) is 0.00874. The summed E-state index contributed by atoms with van der Waals surface area (Å²) in [6.07, 6.45) is 0. The van der Waals surface area contributed by atoms with Gasteiger partial charge in [0.15, 0.2) is 0 Å². The molecule has 0 amide bonds. The Morgan fingerprint density at radius 2 is 2.05 bits per heavy atom. The van der Waals surface area contributed by atoms with E-state index in [1.165, 1.54) is 12.1 Å². The van der Waals surface area contributed by atoms with Crippen LogP contribution in [-0.2, 0) is 12.5 Å². The summed E-state index contributed by atoms with van der Waals surface area (Å²) in [7, 11) is 0. The number of benzene rings is 2. The van der Waals surface area contributed by atoms with Crippen molar-refractivity contribution in [1.82, 2.24) is 0 Å². The van der Waals surface area contributed by atoms with Crippen LogP contribution in [0.15, 0.2) is 40.9 Å². The Morgan fingerprint density at radius 1 is 1.29 bits per heavy atom. The highest BCUT2D eigenvalue weighted by Crippen LogP contribution is 2.31. The topological polar surface area (TPSA) is 52.4 Å². The number of ether oxygens (including phenoxy) is 1. The highest BCUT2D eigenvalue weighted by Gasteiger charge is 2.17. The van der Waals surface area contributed by atoms with Gasteiger partial charge in [-0.1, -0.05) is 23.7 Å². The normalized spacial score (nSPS) is 10.4. The van der Waals surface area contributed by atoms with E-state index in [9.17, 15) is 10.1 Å². The molecule has 2 aromatic carbocycles. The van der Waals surface area contributed by atoms with E-state index in [4.69, 9.17) is 27.9 Å². The molecule has 110 valence electrons. The monoisotopic (exact) mass is 389 g/mol. The van der Waals surface area contributed by atoms with Gasteiger partial charge in [-0.2, -0.15) is 0 Å². The standard InChI is InChI=1S/C14H10BrCl2NO3/c15-11-6-9(7-16)4-5-14(11)21-8-10-12(17)2-1-3-13(10)18(19)20/h1-6H,7-8H2. The second-order valence-corrected chi connectivity index (χ2v) is 5.71. The summed E-state index contributed by atoms with van der Waals surface area (Å²) < 4.78 is 6.35. The molecule has 4 nitrogen and oxygen atoms in total. The fraction of sp³-hybridized carbons (Fsp3) is 0.143. The largest absolute Gasteiger partial charge is 0.487 e. The smallest absolute Gasteiger partial charge is 0.277 e. The zero-order valence-corrected chi connectivity index (χ0v) is 13.8. The summed E-state index contributed by atoms with van der Waals surface area (Å²) in [5.41, 5.74) is 1.23. The number of nitro groups is 1. The minimum absolute atomic E-state index is 0.00874. The third-order valence-corrected chi connectivity index (χ3v) is 4.10. The van der Waals surface area contributed by atoms with Gasteiger partial charge in [0, 0.05) is 11.9 Å². The van der Waals surface area contributed by atoms with Gasteiger partial charge in [-0.25, -0.2) is 0 Å². The molecule has 7 heteroatoms. The number of nitrogens with zero attached hydrogens (tertiary/aromatic N) is 1. The molecule has 2 rings (SSSR count). The molecule has 0 saturated carbocycles. The van der Waals surface area contributed by atoms with Gasteiger partial charge < -0.3 is 4.74 Å². The van der Waals surface area contributed by atoms with Crippen molar-refractivity contribution in [2.45, 2.75) is 12.5 Å². The van der Waals surface area contributed by atoms with Gasteiger partial charge in [0.1, 0.15) is 12.4 Å². The van der Waals surface area contributed by atoms with E-state index < -0.39 is 4.92 Å². The van der Waals surface area contributed by atoms with Crippen LogP contribution in [0.4, 0.5) is 5.69 Å². The van der Waals surface area contributed by atoms with Crippen LogP contribution in [0.1, 0.15) is 11.1 Å². The number of alkyl halides is 1. The maximum absolute atomic E-state index is 11.0. The van der Waals surface area contributed by atoms with Gasteiger partial charge >= 0.3 is 0 Å². The molecule has 0 aromatic heterocycles. The van der Waals surface area contributed by atoms with Crippen LogP contribution >= 0.6 is 39.1 Å². The van der Waals surface area contributed by atoms with Crippen molar-refractivity contribution in [2.75, 3.05) is 0 Å². The van der Waals surface area contributed by atoms with Crippen molar-refractivity contribution in [3.05, 3.63) is 67.1 Å². The zero-order chi connectivity index (χ0) is 15.4. The quantitative estimate of drug-likeness (QED) is 0.394. The molecule has 0 aliphatic carbocycles. The van der Waals surface area contributed by atoms with Gasteiger partial charge in [0.2, 0.25) is 0 Å². The Bertz CT molecular complexity index is 679. The van der Waals surface area contributed by atoms with Crippen LogP contribution in [-0.4, -0.2) is 4.92 Å². The van der Waals surface area contributed by atoms with Gasteiger partial charge in [-0.15, -0.1) is 11.6 Å². The fourth-order valence-corrected chi connectivity index (χ4v) is 2.69. The molecule has 0 spiro atoms. The Labute approximate surface area is 139 Å². The minimum Gasteiger partial charge on any atom is -0.487 e.